The number of esters is 2. The summed E-state index contributed by atoms with van der Waals surface area (Å²) in [6.45, 7) is 3.38. The van der Waals surface area contributed by atoms with Crippen LogP contribution in [0.15, 0.2) is 24.3 Å². The van der Waals surface area contributed by atoms with Crippen molar-refractivity contribution in [3.05, 3.63) is 24.3 Å². The van der Waals surface area contributed by atoms with Crippen LogP contribution in [0.5, 0.6) is 0 Å². The van der Waals surface area contributed by atoms with Crippen molar-refractivity contribution in [3.8, 4) is 0 Å². The molecule has 4 heteroatoms. The van der Waals surface area contributed by atoms with Gasteiger partial charge in [0, 0.05) is 0 Å². The smallest absolute Gasteiger partial charge is 0.323 e. The Bertz CT molecular complexity index is 286. The lowest BCUT2D eigenvalue weighted by Gasteiger charge is -2.21. The maximum absolute atomic E-state index is 11.5. The van der Waals surface area contributed by atoms with Gasteiger partial charge in [-0.1, -0.05) is 24.3 Å². The normalized spacial score (nSPS) is 12.0. The van der Waals surface area contributed by atoms with Crippen LogP contribution < -0.4 is 0 Å². The van der Waals surface area contributed by atoms with E-state index < -0.39 is 17.4 Å². The zero-order chi connectivity index (χ0) is 12.6. The van der Waals surface area contributed by atoms with Gasteiger partial charge in [-0.2, -0.15) is 0 Å². The van der Waals surface area contributed by atoms with Crippen molar-refractivity contribution in [1.82, 2.24) is 0 Å². The monoisotopic (exact) mass is 226 g/mol. The van der Waals surface area contributed by atoms with E-state index >= 15 is 0 Å². The van der Waals surface area contributed by atoms with Crippen molar-refractivity contribution in [1.29, 1.82) is 0 Å². The number of hydrogen-bond donors (Lipinski definition) is 0. The molecule has 0 aliphatic carbocycles. The van der Waals surface area contributed by atoms with Crippen molar-refractivity contribution in [2.45, 2.75) is 20.3 Å². The molecule has 0 saturated heterocycles. The molecular weight excluding hydrogens is 208 g/mol. The van der Waals surface area contributed by atoms with Gasteiger partial charge in [0.15, 0.2) is 5.41 Å². The van der Waals surface area contributed by atoms with E-state index in [1.54, 1.807) is 12.2 Å². The highest BCUT2D eigenvalue weighted by atomic mass is 16.5. The van der Waals surface area contributed by atoms with Gasteiger partial charge in [0.2, 0.25) is 0 Å². The molecule has 0 amide bonds. The summed E-state index contributed by atoms with van der Waals surface area (Å²) in [6.07, 6.45) is 7.41. The summed E-state index contributed by atoms with van der Waals surface area (Å²) in [5.74, 6) is -1.19. The largest absolute Gasteiger partial charge is 0.468 e. The number of methoxy groups -OCH3 is 2. The first-order valence-corrected chi connectivity index (χ1v) is 4.97. The molecule has 0 N–H and O–H groups in total. The fraction of sp³-hybridized carbons (Fsp3) is 0.500. The van der Waals surface area contributed by atoms with Crippen molar-refractivity contribution in [3.63, 3.8) is 0 Å². The molecule has 0 unspecified atom stereocenters. The molecule has 0 aromatic rings. The number of allylic oxidation sites excluding steroid dienone is 4. The predicted octanol–water partition coefficient (Wildman–Crippen LogP) is 1.86. The molecule has 0 saturated carbocycles. The fourth-order valence-electron chi connectivity index (χ4n) is 1.19. The van der Waals surface area contributed by atoms with E-state index in [-0.39, 0.29) is 6.42 Å². The molecule has 0 aliphatic rings. The molecule has 0 radical (unpaired) electrons. The average Bonchev–Trinajstić information content (AvgIpc) is 2.32. The highest BCUT2D eigenvalue weighted by molar-refractivity contribution is 5.99. The van der Waals surface area contributed by atoms with Crippen molar-refractivity contribution in [2.24, 2.45) is 5.41 Å². The van der Waals surface area contributed by atoms with Gasteiger partial charge in [0.05, 0.1) is 14.2 Å². The number of hydrogen-bond acceptors (Lipinski definition) is 4. The van der Waals surface area contributed by atoms with Crippen LogP contribution in [0, 0.1) is 5.41 Å². The van der Waals surface area contributed by atoms with Crippen LogP contribution in [0.3, 0.4) is 0 Å². The summed E-state index contributed by atoms with van der Waals surface area (Å²) in [5, 5.41) is 0. The third-order valence-electron chi connectivity index (χ3n) is 2.24. The maximum atomic E-state index is 11.5. The van der Waals surface area contributed by atoms with Gasteiger partial charge >= 0.3 is 11.9 Å². The van der Waals surface area contributed by atoms with Crippen LogP contribution in [0.4, 0.5) is 0 Å². The first-order chi connectivity index (χ1) is 7.52. The van der Waals surface area contributed by atoms with Crippen molar-refractivity contribution < 1.29 is 19.1 Å². The van der Waals surface area contributed by atoms with Crippen LogP contribution >= 0.6 is 0 Å². The van der Waals surface area contributed by atoms with Crippen LogP contribution in [0.2, 0.25) is 0 Å². The lowest BCUT2D eigenvalue weighted by atomic mass is 9.86. The Morgan fingerprint density at radius 1 is 1.12 bits per heavy atom. The lowest BCUT2D eigenvalue weighted by molar-refractivity contribution is -0.167. The molecule has 0 bridgehead atoms. The molecule has 16 heavy (non-hydrogen) atoms. The molecule has 4 nitrogen and oxygen atoms in total. The third-order valence-corrected chi connectivity index (χ3v) is 2.24. The second-order valence-electron chi connectivity index (χ2n) is 3.47. The summed E-state index contributed by atoms with van der Waals surface area (Å²) in [5.41, 5.74) is -1.28. The van der Waals surface area contributed by atoms with Crippen LogP contribution in [0.25, 0.3) is 0 Å². The SMILES string of the molecule is C/C=C/C=C/CC(C)(C(=O)OC)C(=O)OC. The molecule has 0 rings (SSSR count). The second-order valence-corrected chi connectivity index (χ2v) is 3.47. The number of ether oxygens (including phenoxy) is 2. The first kappa shape index (κ1) is 14.4. The number of carbonyl (C=O) groups excluding carboxylic acids is 2. The molecule has 0 heterocycles. The molecule has 0 spiro atoms. The quantitative estimate of drug-likeness (QED) is 0.408. The Morgan fingerprint density at radius 3 is 2.00 bits per heavy atom. The predicted molar refractivity (Wildman–Crippen MR) is 60.7 cm³/mol. The minimum atomic E-state index is -1.28. The summed E-state index contributed by atoms with van der Waals surface area (Å²) in [6, 6.07) is 0. The second kappa shape index (κ2) is 6.82. The Labute approximate surface area is 95.9 Å². The summed E-state index contributed by atoms with van der Waals surface area (Å²) in [7, 11) is 2.50. The maximum Gasteiger partial charge on any atom is 0.323 e. The molecule has 0 atom stereocenters. The average molecular weight is 226 g/mol. The standard InChI is InChI=1S/C12H18O4/c1-5-6-7-8-9-12(2,10(13)15-3)11(14)16-4/h5-8H,9H2,1-4H3/b6-5+,8-7+. The van der Waals surface area contributed by atoms with E-state index in [2.05, 4.69) is 9.47 Å². The Morgan fingerprint density at radius 2 is 1.62 bits per heavy atom. The van der Waals surface area contributed by atoms with Gasteiger partial charge in [0.25, 0.3) is 0 Å². The minimum Gasteiger partial charge on any atom is -0.468 e. The van der Waals surface area contributed by atoms with Gasteiger partial charge in [-0.25, -0.2) is 0 Å². The van der Waals surface area contributed by atoms with Crippen LogP contribution in [0.1, 0.15) is 20.3 Å². The fourth-order valence-corrected chi connectivity index (χ4v) is 1.19. The molecular formula is C12H18O4. The molecule has 0 fully saturated rings. The summed E-state index contributed by atoms with van der Waals surface area (Å²) in [4.78, 5) is 23.0. The minimum absolute atomic E-state index is 0.247. The zero-order valence-corrected chi connectivity index (χ0v) is 10.1. The van der Waals surface area contributed by atoms with Crippen molar-refractivity contribution >= 4 is 11.9 Å². The summed E-state index contributed by atoms with van der Waals surface area (Å²) < 4.78 is 9.21. The topological polar surface area (TPSA) is 52.6 Å². The summed E-state index contributed by atoms with van der Waals surface area (Å²) >= 11 is 0. The van der Waals surface area contributed by atoms with Gasteiger partial charge in [-0.05, 0) is 20.3 Å². The number of rotatable bonds is 5. The van der Waals surface area contributed by atoms with Gasteiger partial charge in [-0.15, -0.1) is 0 Å². The van der Waals surface area contributed by atoms with Gasteiger partial charge in [-0.3, -0.25) is 9.59 Å². The Balaban J connectivity index is 4.80. The van der Waals surface area contributed by atoms with Crippen LogP contribution in [-0.4, -0.2) is 26.2 Å². The number of carbonyl (C=O) groups is 2. The van der Waals surface area contributed by atoms with Crippen molar-refractivity contribution in [2.75, 3.05) is 14.2 Å². The van der Waals surface area contributed by atoms with Gasteiger partial charge < -0.3 is 9.47 Å². The molecule has 0 aliphatic heterocycles. The van der Waals surface area contributed by atoms with E-state index in [9.17, 15) is 9.59 Å². The lowest BCUT2D eigenvalue weighted by Crippen LogP contribution is -2.38. The molecule has 0 aromatic heterocycles. The van der Waals surface area contributed by atoms with E-state index in [4.69, 9.17) is 0 Å². The van der Waals surface area contributed by atoms with E-state index in [0.717, 1.165) is 0 Å². The Kier molecular flexibility index (Phi) is 6.15. The zero-order valence-electron chi connectivity index (χ0n) is 10.1. The van der Waals surface area contributed by atoms with E-state index in [0.29, 0.717) is 0 Å². The van der Waals surface area contributed by atoms with Crippen LogP contribution in [-0.2, 0) is 19.1 Å². The van der Waals surface area contributed by atoms with E-state index in [1.165, 1.54) is 21.1 Å². The highest BCUT2D eigenvalue weighted by Crippen LogP contribution is 2.25. The van der Waals surface area contributed by atoms with Gasteiger partial charge in [0.1, 0.15) is 0 Å². The molecule has 90 valence electrons. The first-order valence-electron chi connectivity index (χ1n) is 4.97. The Hall–Kier alpha value is -1.58. The third kappa shape index (κ3) is 3.53. The highest BCUT2D eigenvalue weighted by Gasteiger charge is 2.42. The van der Waals surface area contributed by atoms with E-state index in [1.807, 2.05) is 19.1 Å². The molecule has 0 aromatic carbocycles.